The topological polar surface area (TPSA) is 37.8 Å². The van der Waals surface area contributed by atoms with Crippen molar-refractivity contribution >= 4 is 0 Å². The molecule has 118 valence electrons. The van der Waals surface area contributed by atoms with E-state index in [1.165, 1.54) is 38.5 Å². The van der Waals surface area contributed by atoms with Gasteiger partial charge in [-0.15, -0.1) is 0 Å². The zero-order chi connectivity index (χ0) is 15.3. The third kappa shape index (κ3) is 5.39. The molecule has 0 aromatic carbocycles. The SMILES string of the molecule is CCCC1CCC(c2nccc(CNC(C)(C)C)n2)CC1. The average molecular weight is 289 g/mol. The second-order valence-electron chi connectivity index (χ2n) is 7.52. The van der Waals surface area contributed by atoms with E-state index in [-0.39, 0.29) is 5.54 Å². The zero-order valence-corrected chi connectivity index (χ0v) is 14.2. The zero-order valence-electron chi connectivity index (χ0n) is 14.2. The molecule has 1 saturated carbocycles. The molecule has 3 nitrogen and oxygen atoms in total. The molecule has 1 aliphatic carbocycles. The van der Waals surface area contributed by atoms with Gasteiger partial charge in [0.2, 0.25) is 0 Å². The molecule has 2 rings (SSSR count). The van der Waals surface area contributed by atoms with E-state index in [9.17, 15) is 0 Å². The van der Waals surface area contributed by atoms with Crippen molar-refractivity contribution in [3.63, 3.8) is 0 Å². The summed E-state index contributed by atoms with van der Waals surface area (Å²) in [5.41, 5.74) is 1.24. The summed E-state index contributed by atoms with van der Waals surface area (Å²) in [6, 6.07) is 2.03. The molecule has 0 radical (unpaired) electrons. The minimum absolute atomic E-state index is 0.128. The van der Waals surface area contributed by atoms with Crippen molar-refractivity contribution in [1.29, 1.82) is 0 Å². The van der Waals surface area contributed by atoms with Crippen molar-refractivity contribution in [1.82, 2.24) is 15.3 Å². The summed E-state index contributed by atoms with van der Waals surface area (Å²) in [5.74, 6) is 2.59. The second-order valence-corrected chi connectivity index (χ2v) is 7.52. The van der Waals surface area contributed by atoms with Gasteiger partial charge in [-0.3, -0.25) is 0 Å². The van der Waals surface area contributed by atoms with Crippen LogP contribution in [-0.2, 0) is 6.54 Å². The molecule has 0 spiro atoms. The summed E-state index contributed by atoms with van der Waals surface area (Å²) in [4.78, 5) is 9.34. The van der Waals surface area contributed by atoms with E-state index in [4.69, 9.17) is 4.98 Å². The average Bonchev–Trinajstić information content (AvgIpc) is 2.46. The molecule has 1 aromatic heterocycles. The standard InChI is InChI=1S/C18H31N3/c1-5-6-14-7-9-15(10-8-14)17-19-12-11-16(21-17)13-20-18(2,3)4/h11-12,14-15,20H,5-10,13H2,1-4H3. The molecule has 1 fully saturated rings. The van der Waals surface area contributed by atoms with Crippen LogP contribution in [0.2, 0.25) is 0 Å². The molecule has 21 heavy (non-hydrogen) atoms. The largest absolute Gasteiger partial charge is 0.306 e. The Bertz CT molecular complexity index is 428. The van der Waals surface area contributed by atoms with Crippen molar-refractivity contribution in [3.05, 3.63) is 23.8 Å². The van der Waals surface area contributed by atoms with E-state index in [0.29, 0.717) is 5.92 Å². The highest BCUT2D eigenvalue weighted by atomic mass is 15.0. The van der Waals surface area contributed by atoms with Gasteiger partial charge in [0.15, 0.2) is 0 Å². The van der Waals surface area contributed by atoms with Gasteiger partial charge in [0.05, 0.1) is 5.69 Å². The fourth-order valence-electron chi connectivity index (χ4n) is 3.18. The second kappa shape index (κ2) is 7.35. The Labute approximate surface area is 130 Å². The van der Waals surface area contributed by atoms with Gasteiger partial charge in [0.1, 0.15) is 5.82 Å². The van der Waals surface area contributed by atoms with Gasteiger partial charge < -0.3 is 5.32 Å². The predicted molar refractivity (Wildman–Crippen MR) is 88.2 cm³/mol. The lowest BCUT2D eigenvalue weighted by Crippen LogP contribution is -2.35. The van der Waals surface area contributed by atoms with Crippen molar-refractivity contribution in [2.75, 3.05) is 0 Å². The van der Waals surface area contributed by atoms with Crippen LogP contribution in [-0.4, -0.2) is 15.5 Å². The molecule has 3 heteroatoms. The van der Waals surface area contributed by atoms with E-state index >= 15 is 0 Å². The van der Waals surface area contributed by atoms with Crippen LogP contribution >= 0.6 is 0 Å². The molecule has 1 heterocycles. The molecular weight excluding hydrogens is 258 g/mol. The van der Waals surface area contributed by atoms with Gasteiger partial charge in [-0.2, -0.15) is 0 Å². The minimum atomic E-state index is 0.128. The summed E-state index contributed by atoms with van der Waals surface area (Å²) < 4.78 is 0. The molecule has 0 saturated heterocycles. The number of rotatable bonds is 5. The summed E-state index contributed by atoms with van der Waals surface area (Å²) in [7, 11) is 0. The van der Waals surface area contributed by atoms with Gasteiger partial charge in [0.25, 0.3) is 0 Å². The molecule has 0 atom stereocenters. The van der Waals surface area contributed by atoms with Crippen molar-refractivity contribution in [2.45, 2.75) is 84.2 Å². The number of nitrogens with zero attached hydrogens (tertiary/aromatic N) is 2. The smallest absolute Gasteiger partial charge is 0.131 e. The van der Waals surface area contributed by atoms with Crippen LogP contribution < -0.4 is 5.32 Å². The third-order valence-electron chi connectivity index (χ3n) is 4.44. The number of nitrogens with one attached hydrogen (secondary N) is 1. The molecule has 1 N–H and O–H groups in total. The lowest BCUT2D eigenvalue weighted by Gasteiger charge is -2.27. The molecule has 0 bridgehead atoms. The van der Waals surface area contributed by atoms with Crippen LogP contribution in [0, 0.1) is 5.92 Å². The molecule has 0 amide bonds. The maximum absolute atomic E-state index is 4.80. The Kier molecular flexibility index (Phi) is 5.74. The monoisotopic (exact) mass is 289 g/mol. The number of hydrogen-bond acceptors (Lipinski definition) is 3. The minimum Gasteiger partial charge on any atom is -0.306 e. The fourth-order valence-corrected chi connectivity index (χ4v) is 3.18. The van der Waals surface area contributed by atoms with E-state index in [0.717, 1.165) is 24.0 Å². The van der Waals surface area contributed by atoms with Crippen molar-refractivity contribution < 1.29 is 0 Å². The number of hydrogen-bond donors (Lipinski definition) is 1. The Morgan fingerprint density at radius 2 is 1.90 bits per heavy atom. The van der Waals surface area contributed by atoms with Crippen LogP contribution in [0.4, 0.5) is 0 Å². The van der Waals surface area contributed by atoms with Gasteiger partial charge in [-0.1, -0.05) is 19.8 Å². The first kappa shape index (κ1) is 16.4. The first-order valence-electron chi connectivity index (χ1n) is 8.55. The van der Waals surface area contributed by atoms with Gasteiger partial charge >= 0.3 is 0 Å². The maximum atomic E-state index is 4.80. The first-order valence-corrected chi connectivity index (χ1v) is 8.55. The van der Waals surface area contributed by atoms with Gasteiger partial charge in [0, 0.05) is 24.2 Å². The van der Waals surface area contributed by atoms with E-state index < -0.39 is 0 Å². The van der Waals surface area contributed by atoms with Crippen molar-refractivity contribution in [3.8, 4) is 0 Å². The highest BCUT2D eigenvalue weighted by Gasteiger charge is 2.23. The third-order valence-corrected chi connectivity index (χ3v) is 4.44. The van der Waals surface area contributed by atoms with Crippen LogP contribution in [0.15, 0.2) is 12.3 Å². The quantitative estimate of drug-likeness (QED) is 0.871. The highest BCUT2D eigenvalue weighted by molar-refractivity contribution is 5.07. The molecule has 1 aliphatic rings. The van der Waals surface area contributed by atoms with Crippen LogP contribution in [0.25, 0.3) is 0 Å². The molecule has 0 unspecified atom stereocenters. The lowest BCUT2D eigenvalue weighted by atomic mass is 9.80. The Morgan fingerprint density at radius 3 is 2.52 bits per heavy atom. The van der Waals surface area contributed by atoms with Crippen LogP contribution in [0.5, 0.6) is 0 Å². The summed E-state index contributed by atoms with van der Waals surface area (Å²) in [5, 5.41) is 3.50. The Hall–Kier alpha value is -0.960. The van der Waals surface area contributed by atoms with E-state index in [1.54, 1.807) is 0 Å². The molecule has 1 aromatic rings. The lowest BCUT2D eigenvalue weighted by molar-refractivity contribution is 0.301. The first-order chi connectivity index (χ1) is 9.98. The van der Waals surface area contributed by atoms with E-state index in [2.05, 4.69) is 38.0 Å². The summed E-state index contributed by atoms with van der Waals surface area (Å²) in [6.07, 6.45) is 9.88. The normalized spacial score (nSPS) is 23.2. The number of aromatic nitrogens is 2. The fraction of sp³-hybridized carbons (Fsp3) is 0.778. The Balaban J connectivity index is 1.92. The van der Waals surface area contributed by atoms with Crippen LogP contribution in [0.1, 0.15) is 83.7 Å². The van der Waals surface area contributed by atoms with Gasteiger partial charge in [-0.05, 0) is 58.4 Å². The van der Waals surface area contributed by atoms with Crippen molar-refractivity contribution in [2.24, 2.45) is 5.92 Å². The van der Waals surface area contributed by atoms with Crippen LogP contribution in [0.3, 0.4) is 0 Å². The highest BCUT2D eigenvalue weighted by Crippen LogP contribution is 2.36. The summed E-state index contributed by atoms with van der Waals surface area (Å²) in [6.45, 7) is 9.67. The Morgan fingerprint density at radius 1 is 1.19 bits per heavy atom. The van der Waals surface area contributed by atoms with E-state index in [1.807, 2.05) is 12.3 Å². The predicted octanol–water partition coefficient (Wildman–Crippen LogP) is 4.44. The molecular formula is C18H31N3. The summed E-state index contributed by atoms with van der Waals surface area (Å²) >= 11 is 0. The van der Waals surface area contributed by atoms with Gasteiger partial charge in [-0.25, -0.2) is 9.97 Å². The maximum Gasteiger partial charge on any atom is 0.131 e. The molecule has 0 aliphatic heterocycles.